The Labute approximate surface area is 214 Å². The zero-order chi connectivity index (χ0) is 25.1. The number of amides is 1. The smallest absolute Gasteiger partial charge is 0.266 e. The quantitative estimate of drug-likeness (QED) is 0.309. The third-order valence-electron chi connectivity index (χ3n) is 6.20. The molecule has 0 saturated carbocycles. The van der Waals surface area contributed by atoms with Crippen LogP contribution < -0.4 is 15.8 Å². The molecule has 1 saturated heterocycles. The van der Waals surface area contributed by atoms with Crippen LogP contribution in [0, 0.1) is 13.8 Å². The topological polar surface area (TPSA) is 76.5 Å². The molecule has 2 heterocycles. The molecule has 4 aromatic rings. The number of carbonyl (C=O) groups is 1. The molecule has 5 rings (SSSR count). The first kappa shape index (κ1) is 24.1. The number of fused-ring (bicyclic) bond motifs is 1. The van der Waals surface area contributed by atoms with Gasteiger partial charge in [-0.2, -0.15) is 0 Å². The molecule has 1 aliphatic heterocycles. The first-order valence-corrected chi connectivity index (χ1v) is 12.9. The van der Waals surface area contributed by atoms with Crippen LogP contribution in [0.15, 0.2) is 76.7 Å². The summed E-state index contributed by atoms with van der Waals surface area (Å²) in [5, 5.41) is 3.99. The number of aryl methyl sites for hydroxylation is 2. The molecule has 1 fully saturated rings. The van der Waals surface area contributed by atoms with Crippen LogP contribution in [0.4, 0.5) is 11.4 Å². The van der Waals surface area contributed by atoms with Gasteiger partial charge < -0.3 is 15.0 Å². The molecular weight excluding hydrogens is 472 g/mol. The monoisotopic (exact) mass is 500 g/mol. The lowest BCUT2D eigenvalue weighted by molar-refractivity contribution is -0.113. The fraction of sp³-hybridized carbons (Fsp3) is 0.250. The van der Waals surface area contributed by atoms with Crippen molar-refractivity contribution in [3.63, 3.8) is 0 Å². The maximum Gasteiger partial charge on any atom is 0.266 e. The van der Waals surface area contributed by atoms with E-state index in [1.165, 1.54) is 11.8 Å². The molecule has 0 radical (unpaired) electrons. The van der Waals surface area contributed by atoms with E-state index in [1.807, 2.05) is 74.5 Å². The molecule has 1 aliphatic rings. The Morgan fingerprint density at radius 1 is 1.03 bits per heavy atom. The average Bonchev–Trinajstić information content (AvgIpc) is 2.89. The Balaban J connectivity index is 1.36. The molecule has 0 atom stereocenters. The van der Waals surface area contributed by atoms with E-state index in [9.17, 15) is 9.59 Å². The molecule has 0 spiro atoms. The molecule has 0 unspecified atom stereocenters. The number of benzene rings is 3. The predicted molar refractivity (Wildman–Crippen MR) is 146 cm³/mol. The molecule has 184 valence electrons. The maximum absolute atomic E-state index is 13.5. The van der Waals surface area contributed by atoms with E-state index in [-0.39, 0.29) is 17.2 Å². The largest absolute Gasteiger partial charge is 0.378 e. The van der Waals surface area contributed by atoms with Crippen LogP contribution >= 0.6 is 11.8 Å². The van der Waals surface area contributed by atoms with Gasteiger partial charge in [-0.05, 0) is 61.9 Å². The van der Waals surface area contributed by atoms with Gasteiger partial charge >= 0.3 is 0 Å². The summed E-state index contributed by atoms with van der Waals surface area (Å²) in [7, 11) is 0. The van der Waals surface area contributed by atoms with Crippen LogP contribution in [0.3, 0.4) is 0 Å². The number of ether oxygens (including phenoxy) is 1. The lowest BCUT2D eigenvalue weighted by Gasteiger charge is -2.28. The van der Waals surface area contributed by atoms with Crippen molar-refractivity contribution >= 4 is 39.9 Å². The van der Waals surface area contributed by atoms with Crippen molar-refractivity contribution in [2.45, 2.75) is 19.0 Å². The molecular formula is C28H28N4O3S. The lowest BCUT2D eigenvalue weighted by Crippen LogP contribution is -2.36. The first-order valence-electron chi connectivity index (χ1n) is 11.9. The van der Waals surface area contributed by atoms with Gasteiger partial charge in [0, 0.05) is 24.5 Å². The molecule has 3 aromatic carbocycles. The van der Waals surface area contributed by atoms with Crippen LogP contribution in [0.5, 0.6) is 0 Å². The van der Waals surface area contributed by atoms with Gasteiger partial charge in [-0.3, -0.25) is 14.2 Å². The van der Waals surface area contributed by atoms with Crippen molar-refractivity contribution in [1.82, 2.24) is 9.55 Å². The van der Waals surface area contributed by atoms with Gasteiger partial charge in [-0.1, -0.05) is 41.6 Å². The highest BCUT2D eigenvalue weighted by atomic mass is 32.2. The van der Waals surface area contributed by atoms with E-state index < -0.39 is 0 Å². The summed E-state index contributed by atoms with van der Waals surface area (Å²) >= 11 is 1.25. The number of nitrogens with zero attached hydrogens (tertiary/aromatic N) is 3. The van der Waals surface area contributed by atoms with Crippen LogP contribution in [0.25, 0.3) is 16.6 Å². The summed E-state index contributed by atoms with van der Waals surface area (Å²) < 4.78 is 7.03. The van der Waals surface area contributed by atoms with Crippen molar-refractivity contribution in [3.05, 3.63) is 88.2 Å². The van der Waals surface area contributed by atoms with Gasteiger partial charge in [0.15, 0.2) is 5.16 Å². The highest BCUT2D eigenvalue weighted by Gasteiger charge is 2.17. The SMILES string of the molecule is Cc1ccc(-n2c(SCC(=O)Nc3ccc(N4CCOCC4)cc3)nc3ccccc3c2=O)c(C)c1. The second kappa shape index (κ2) is 10.6. The summed E-state index contributed by atoms with van der Waals surface area (Å²) in [6.45, 7) is 7.18. The Hall–Kier alpha value is -3.62. The number of hydrogen-bond acceptors (Lipinski definition) is 6. The summed E-state index contributed by atoms with van der Waals surface area (Å²) in [4.78, 5) is 33.3. The predicted octanol–water partition coefficient (Wildman–Crippen LogP) is 4.57. The molecule has 0 bridgehead atoms. The molecule has 1 amide bonds. The number of morpholine rings is 1. The van der Waals surface area contributed by atoms with E-state index in [1.54, 1.807) is 10.6 Å². The zero-order valence-corrected chi connectivity index (χ0v) is 21.2. The zero-order valence-electron chi connectivity index (χ0n) is 20.4. The van der Waals surface area contributed by atoms with Crippen molar-refractivity contribution < 1.29 is 9.53 Å². The number of thioether (sulfide) groups is 1. The second-order valence-corrected chi connectivity index (χ2v) is 9.77. The van der Waals surface area contributed by atoms with Crippen molar-refractivity contribution in [3.8, 4) is 5.69 Å². The van der Waals surface area contributed by atoms with Crippen LogP contribution in [0.1, 0.15) is 11.1 Å². The molecule has 1 N–H and O–H groups in total. The van der Waals surface area contributed by atoms with E-state index in [0.29, 0.717) is 16.1 Å². The highest BCUT2D eigenvalue weighted by molar-refractivity contribution is 7.99. The average molecular weight is 501 g/mol. The van der Waals surface area contributed by atoms with E-state index in [4.69, 9.17) is 9.72 Å². The minimum atomic E-state index is -0.159. The van der Waals surface area contributed by atoms with E-state index in [0.717, 1.165) is 54.5 Å². The maximum atomic E-state index is 13.5. The Kier molecular flexibility index (Phi) is 7.06. The van der Waals surface area contributed by atoms with Crippen LogP contribution in [0.2, 0.25) is 0 Å². The molecule has 1 aromatic heterocycles. The standard InChI is InChI=1S/C28H28N4O3S/c1-19-7-12-25(20(2)17-19)32-27(34)23-5-3-4-6-24(23)30-28(32)36-18-26(33)29-21-8-10-22(11-9-21)31-13-15-35-16-14-31/h3-12,17H,13-16,18H2,1-2H3,(H,29,33). The number of carbonyl (C=O) groups excluding carboxylic acids is 1. The van der Waals surface area contributed by atoms with E-state index in [2.05, 4.69) is 10.2 Å². The van der Waals surface area contributed by atoms with Crippen LogP contribution in [-0.4, -0.2) is 47.5 Å². The Bertz CT molecular complexity index is 1460. The first-order chi connectivity index (χ1) is 17.5. The van der Waals surface area contributed by atoms with Gasteiger partial charge in [-0.15, -0.1) is 0 Å². The van der Waals surface area contributed by atoms with Crippen LogP contribution in [-0.2, 0) is 9.53 Å². The fourth-order valence-electron chi connectivity index (χ4n) is 4.38. The van der Waals surface area contributed by atoms with Gasteiger partial charge in [0.1, 0.15) is 0 Å². The Morgan fingerprint density at radius 3 is 2.53 bits per heavy atom. The van der Waals surface area contributed by atoms with Crippen molar-refractivity contribution in [2.75, 3.05) is 42.3 Å². The van der Waals surface area contributed by atoms with Gasteiger partial charge in [0.05, 0.1) is 35.6 Å². The summed E-state index contributed by atoms with van der Waals surface area (Å²) in [6, 6.07) is 21.1. The normalized spacial score (nSPS) is 13.7. The Morgan fingerprint density at radius 2 is 1.78 bits per heavy atom. The summed E-state index contributed by atoms with van der Waals surface area (Å²) in [5.74, 6) is -0.0327. The third kappa shape index (κ3) is 5.15. The minimum absolute atomic E-state index is 0.126. The molecule has 8 heteroatoms. The van der Waals surface area contributed by atoms with Gasteiger partial charge in [0.2, 0.25) is 5.91 Å². The number of nitrogens with one attached hydrogen (secondary N) is 1. The molecule has 36 heavy (non-hydrogen) atoms. The number of hydrogen-bond donors (Lipinski definition) is 1. The number of aromatic nitrogens is 2. The second-order valence-electron chi connectivity index (χ2n) is 8.83. The summed E-state index contributed by atoms with van der Waals surface area (Å²) in [6.07, 6.45) is 0. The third-order valence-corrected chi connectivity index (χ3v) is 7.14. The van der Waals surface area contributed by atoms with Crippen molar-refractivity contribution in [1.29, 1.82) is 0 Å². The number of para-hydroxylation sites is 1. The lowest BCUT2D eigenvalue weighted by atomic mass is 10.1. The number of anilines is 2. The molecule has 7 nitrogen and oxygen atoms in total. The van der Waals surface area contributed by atoms with Crippen molar-refractivity contribution in [2.24, 2.45) is 0 Å². The van der Waals surface area contributed by atoms with E-state index >= 15 is 0 Å². The summed E-state index contributed by atoms with van der Waals surface area (Å²) in [5.41, 5.74) is 5.18. The van der Waals surface area contributed by atoms with Gasteiger partial charge in [0.25, 0.3) is 5.56 Å². The molecule has 0 aliphatic carbocycles. The highest BCUT2D eigenvalue weighted by Crippen LogP contribution is 2.24. The minimum Gasteiger partial charge on any atom is -0.378 e. The number of rotatable bonds is 6. The fourth-order valence-corrected chi connectivity index (χ4v) is 5.19. The van der Waals surface area contributed by atoms with Gasteiger partial charge in [-0.25, -0.2) is 4.98 Å².